The van der Waals surface area contributed by atoms with E-state index in [1.54, 1.807) is 0 Å². The molecule has 4 rings (SSSR count). The molecule has 1 aliphatic rings. The molecule has 0 saturated carbocycles. The molecule has 1 atom stereocenters. The number of benzene rings is 2. The summed E-state index contributed by atoms with van der Waals surface area (Å²) in [5, 5.41) is 14.3. The fraction of sp³-hybridized carbons (Fsp3) is 0.100. The molecule has 42 heavy (non-hydrogen) atoms. The number of halogens is 4. The van der Waals surface area contributed by atoms with Crippen LogP contribution in [0.5, 0.6) is 0 Å². The van der Waals surface area contributed by atoms with E-state index in [2.05, 4.69) is 30.6 Å². The summed E-state index contributed by atoms with van der Waals surface area (Å²) in [6.45, 7) is 1.40. The van der Waals surface area contributed by atoms with Crippen LogP contribution < -0.4 is 69.4 Å². The van der Waals surface area contributed by atoms with E-state index in [-0.39, 0.29) is 97.5 Å². The predicted octanol–water partition coefficient (Wildman–Crippen LogP) is -1.47. The number of anilines is 3. The second kappa shape index (κ2) is 14.4. The molecule has 0 bridgehead atoms. The van der Waals surface area contributed by atoms with Crippen LogP contribution in [0, 0.1) is 0 Å². The van der Waals surface area contributed by atoms with Crippen molar-refractivity contribution in [2.45, 2.75) is 22.8 Å². The van der Waals surface area contributed by atoms with Crippen molar-refractivity contribution in [2.24, 2.45) is 15.3 Å². The van der Waals surface area contributed by atoms with Gasteiger partial charge < -0.3 is 14.4 Å². The molecule has 2 aromatic carbocycles. The molecule has 210 valence electrons. The Kier molecular flexibility index (Phi) is 12.8. The zero-order chi connectivity index (χ0) is 29.6. The molecule has 3 aromatic rings. The van der Waals surface area contributed by atoms with Crippen molar-refractivity contribution in [2.75, 3.05) is 10.3 Å². The summed E-state index contributed by atoms with van der Waals surface area (Å²) in [5.41, 5.74) is -0.298. The third-order valence-electron chi connectivity index (χ3n) is 5.04. The van der Waals surface area contributed by atoms with Crippen molar-refractivity contribution < 1.29 is 89.9 Å². The number of rotatable bonds is 7. The molecule has 2 heterocycles. The zero-order valence-electron chi connectivity index (χ0n) is 21.4. The average molecular weight is 713 g/mol. The predicted molar refractivity (Wildman–Crippen MR) is 143 cm³/mol. The molecule has 0 radical (unpaired) electrons. The fourth-order valence-corrected chi connectivity index (χ4v) is 5.65. The molecule has 1 aliphatic heterocycles. The van der Waals surface area contributed by atoms with Gasteiger partial charge in [-0.3, -0.25) is 4.79 Å². The van der Waals surface area contributed by atoms with Gasteiger partial charge in [0.05, 0.1) is 31.2 Å². The Labute approximate surface area is 303 Å². The van der Waals surface area contributed by atoms with Crippen LogP contribution in [0.4, 0.5) is 22.9 Å². The summed E-state index contributed by atoms with van der Waals surface area (Å²) in [4.78, 5) is 19.2. The molecule has 0 aliphatic carbocycles. The van der Waals surface area contributed by atoms with E-state index >= 15 is 0 Å². The molecule has 22 heteroatoms. The van der Waals surface area contributed by atoms with Gasteiger partial charge in [0, 0.05) is 11.8 Å². The quantitative estimate of drug-likeness (QED) is 0.0988. The summed E-state index contributed by atoms with van der Waals surface area (Å²) in [6, 6.07) is 5.05. The maximum Gasteiger partial charge on any atom is 1.00 e. The molecule has 0 fully saturated rings. The second-order valence-electron chi connectivity index (χ2n) is 7.80. The van der Waals surface area contributed by atoms with Crippen molar-refractivity contribution in [3.8, 4) is 0 Å². The van der Waals surface area contributed by atoms with Crippen molar-refractivity contribution in [3.05, 3.63) is 56.9 Å². The number of aromatic nitrogens is 2. The fourth-order valence-electron chi connectivity index (χ4n) is 3.34. The molecule has 14 nitrogen and oxygen atoms in total. The van der Waals surface area contributed by atoms with Gasteiger partial charge in [-0.15, -0.1) is 0 Å². The van der Waals surface area contributed by atoms with Crippen molar-refractivity contribution in [3.63, 3.8) is 0 Å². The maximum atomic E-state index is 13.1. The number of amides is 1. The Balaban J connectivity index is 0.00000308. The third kappa shape index (κ3) is 8.60. The van der Waals surface area contributed by atoms with Crippen LogP contribution in [-0.4, -0.2) is 53.6 Å². The Morgan fingerprint density at radius 2 is 1.55 bits per heavy atom. The molecule has 1 unspecified atom stereocenters. The second-order valence-corrected chi connectivity index (χ2v) is 12.0. The number of hydrogen-bond acceptors (Lipinski definition) is 13. The first-order chi connectivity index (χ1) is 18.5. The van der Waals surface area contributed by atoms with Crippen LogP contribution in [-0.2, 0) is 25.0 Å². The number of nitrogens with zero attached hydrogens (tertiary/aromatic N) is 6. The van der Waals surface area contributed by atoms with Gasteiger partial charge in [0.15, 0.2) is 6.04 Å². The van der Waals surface area contributed by atoms with E-state index in [0.29, 0.717) is 0 Å². The smallest absolute Gasteiger partial charge is 0.744 e. The number of carbonyl (C=O) groups is 1. The van der Waals surface area contributed by atoms with Gasteiger partial charge in [-0.05, 0) is 48.9 Å². The molecule has 0 saturated heterocycles. The number of hydrogen-bond donors (Lipinski definition) is 1. The van der Waals surface area contributed by atoms with Crippen LogP contribution in [0.2, 0.25) is 20.5 Å². The Hall–Kier alpha value is -0.960. The minimum absolute atomic E-state index is 0. The number of carbonyl (C=O) groups excluding carboxylic acids is 1. The van der Waals surface area contributed by atoms with Gasteiger partial charge in [0.2, 0.25) is 5.28 Å². The maximum absolute atomic E-state index is 13.1. The van der Waals surface area contributed by atoms with Crippen molar-refractivity contribution >= 4 is 101 Å². The minimum atomic E-state index is -5.02. The molecule has 1 aromatic heterocycles. The molecular weight excluding hydrogens is 702 g/mol. The standard InChI is InChI=1S/C20H13Cl4N7O7S2.2Na/c1-8-18(19(32)31(30-8)13-5-11(22)15(6-10(13)21)40(36,37)38)29-28-12-4-9(2-3-14(12)39(33,34)35)25-17-7-16(23)26-20(24)27-17;;/h2-7,18H,1H3,(H,25,26,27)(H,33,34,35)(H,36,37,38);;/q;2*+1/p-2. The van der Waals surface area contributed by atoms with E-state index in [9.17, 15) is 30.7 Å². The van der Waals surface area contributed by atoms with Gasteiger partial charge in [-0.2, -0.15) is 20.3 Å². The summed E-state index contributed by atoms with van der Waals surface area (Å²) in [5.74, 6) is -0.690. The third-order valence-corrected chi connectivity index (χ3v) is 7.89. The molecule has 1 amide bonds. The van der Waals surface area contributed by atoms with E-state index in [0.717, 1.165) is 29.3 Å². The molecule has 0 spiro atoms. The van der Waals surface area contributed by atoms with Gasteiger partial charge in [-0.25, -0.2) is 26.8 Å². The first-order valence-electron chi connectivity index (χ1n) is 10.4. The Bertz CT molecular complexity index is 1830. The largest absolute Gasteiger partial charge is 1.00 e. The normalized spacial score (nSPS) is 15.3. The Morgan fingerprint density at radius 3 is 2.14 bits per heavy atom. The number of nitrogens with one attached hydrogen (secondary N) is 1. The monoisotopic (exact) mass is 711 g/mol. The van der Waals surface area contributed by atoms with Crippen LogP contribution in [0.15, 0.2) is 61.5 Å². The van der Waals surface area contributed by atoms with Gasteiger partial charge in [0.1, 0.15) is 36.9 Å². The van der Waals surface area contributed by atoms with Gasteiger partial charge in [0.25, 0.3) is 5.91 Å². The van der Waals surface area contributed by atoms with Crippen LogP contribution in [0.25, 0.3) is 0 Å². The van der Waals surface area contributed by atoms with E-state index in [1.165, 1.54) is 19.1 Å². The summed E-state index contributed by atoms with van der Waals surface area (Å²) >= 11 is 23.6. The van der Waals surface area contributed by atoms with E-state index in [4.69, 9.17) is 46.4 Å². The summed E-state index contributed by atoms with van der Waals surface area (Å²) in [6.07, 6.45) is 0. The summed E-state index contributed by atoms with van der Waals surface area (Å²) < 4.78 is 69.5. The van der Waals surface area contributed by atoms with Gasteiger partial charge in [-0.1, -0.05) is 34.8 Å². The number of hydrazone groups is 1. The molecule has 1 N–H and O–H groups in total. The molecular formula is C20H11Cl4N7Na2O7S2. The summed E-state index contributed by atoms with van der Waals surface area (Å²) in [7, 11) is -9.98. The topological polar surface area (TPSA) is 210 Å². The first-order valence-corrected chi connectivity index (χ1v) is 14.7. The number of azo groups is 1. The minimum Gasteiger partial charge on any atom is -0.744 e. The van der Waals surface area contributed by atoms with Crippen LogP contribution >= 0.6 is 46.4 Å². The first kappa shape index (κ1) is 37.2. The average Bonchev–Trinajstić information content (AvgIpc) is 3.09. The van der Waals surface area contributed by atoms with Gasteiger partial charge >= 0.3 is 59.1 Å². The zero-order valence-corrected chi connectivity index (χ0v) is 30.1. The van der Waals surface area contributed by atoms with Crippen molar-refractivity contribution in [1.82, 2.24) is 9.97 Å². The SMILES string of the molecule is CC1=NN(c2cc(Cl)c(S(=O)(=O)[O-])cc2Cl)C(=O)C1N=Nc1cc(Nc2cc(Cl)nc(Cl)n2)ccc1S(=O)(=O)[O-].[Na+].[Na+]. The van der Waals surface area contributed by atoms with Crippen molar-refractivity contribution in [1.29, 1.82) is 0 Å². The van der Waals surface area contributed by atoms with E-state index < -0.39 is 52.7 Å². The Morgan fingerprint density at radius 1 is 0.905 bits per heavy atom. The van der Waals surface area contributed by atoms with Crippen LogP contribution in [0.3, 0.4) is 0 Å². The van der Waals surface area contributed by atoms with E-state index in [1.807, 2.05) is 0 Å². The van der Waals surface area contributed by atoms with Crippen LogP contribution in [0.1, 0.15) is 6.92 Å².